The highest BCUT2D eigenvalue weighted by atomic mass is 35.5. The van der Waals surface area contributed by atoms with Gasteiger partial charge < -0.3 is 10.6 Å². The van der Waals surface area contributed by atoms with Gasteiger partial charge in [0.2, 0.25) is 5.91 Å². The molecule has 3 amide bonds. The summed E-state index contributed by atoms with van der Waals surface area (Å²) < 4.78 is 12.7. The topological polar surface area (TPSA) is 70.2 Å². The van der Waals surface area contributed by atoms with Crippen LogP contribution in [0.5, 0.6) is 0 Å². The highest BCUT2D eigenvalue weighted by molar-refractivity contribution is 6.33. The fraction of sp³-hybridized carbons (Fsp3) is 0.200. The van der Waals surface area contributed by atoms with Crippen molar-refractivity contribution in [3.63, 3.8) is 0 Å². The standard InChI is InChI=1S/C10H11ClFN3O2/c1-13-10(17)15-9(16)5-14-8-3-2-6(12)4-7(8)11/h2-4,14H,5H2,1H3,(H2,13,15,16,17). The third-order valence-corrected chi connectivity index (χ3v) is 2.16. The van der Waals surface area contributed by atoms with Crippen LogP contribution in [0.1, 0.15) is 0 Å². The number of amides is 3. The van der Waals surface area contributed by atoms with E-state index < -0.39 is 17.8 Å². The second kappa shape index (κ2) is 6.05. The summed E-state index contributed by atoms with van der Waals surface area (Å²) in [6.45, 7) is -0.140. The monoisotopic (exact) mass is 259 g/mol. The molecule has 92 valence electrons. The molecule has 0 saturated heterocycles. The summed E-state index contributed by atoms with van der Waals surface area (Å²) in [4.78, 5) is 22.0. The lowest BCUT2D eigenvalue weighted by molar-refractivity contribution is -0.118. The van der Waals surface area contributed by atoms with Gasteiger partial charge in [0.25, 0.3) is 0 Å². The van der Waals surface area contributed by atoms with E-state index in [1.807, 2.05) is 0 Å². The van der Waals surface area contributed by atoms with Gasteiger partial charge in [-0.25, -0.2) is 9.18 Å². The van der Waals surface area contributed by atoms with Crippen molar-refractivity contribution in [3.05, 3.63) is 29.0 Å². The Kier molecular flexibility index (Phi) is 4.71. The second-order valence-corrected chi connectivity index (χ2v) is 3.51. The molecule has 3 N–H and O–H groups in total. The number of nitrogens with one attached hydrogen (secondary N) is 3. The predicted molar refractivity (Wildman–Crippen MR) is 62.5 cm³/mol. The molecule has 0 aliphatic carbocycles. The minimum absolute atomic E-state index is 0.140. The van der Waals surface area contributed by atoms with Crippen molar-refractivity contribution in [1.29, 1.82) is 0 Å². The van der Waals surface area contributed by atoms with Crippen LogP contribution >= 0.6 is 11.6 Å². The van der Waals surface area contributed by atoms with Gasteiger partial charge in [-0.3, -0.25) is 10.1 Å². The Morgan fingerprint density at radius 1 is 1.41 bits per heavy atom. The van der Waals surface area contributed by atoms with Gasteiger partial charge >= 0.3 is 6.03 Å². The van der Waals surface area contributed by atoms with Crippen molar-refractivity contribution < 1.29 is 14.0 Å². The Hall–Kier alpha value is -1.82. The molecular formula is C10H11ClFN3O2. The van der Waals surface area contributed by atoms with Crippen molar-refractivity contribution in [2.45, 2.75) is 0 Å². The molecule has 0 aromatic heterocycles. The number of rotatable bonds is 3. The normalized spacial score (nSPS) is 9.59. The van der Waals surface area contributed by atoms with Crippen molar-refractivity contribution in [2.75, 3.05) is 18.9 Å². The van der Waals surface area contributed by atoms with E-state index >= 15 is 0 Å². The van der Waals surface area contributed by atoms with Gasteiger partial charge in [-0.2, -0.15) is 0 Å². The fourth-order valence-electron chi connectivity index (χ4n) is 1.04. The molecule has 0 unspecified atom stereocenters. The van der Waals surface area contributed by atoms with Crippen LogP contribution in [-0.2, 0) is 4.79 Å². The van der Waals surface area contributed by atoms with Crippen molar-refractivity contribution in [1.82, 2.24) is 10.6 Å². The highest BCUT2D eigenvalue weighted by Crippen LogP contribution is 2.21. The molecule has 0 aliphatic heterocycles. The molecule has 0 spiro atoms. The first-order valence-electron chi connectivity index (χ1n) is 4.73. The van der Waals surface area contributed by atoms with Gasteiger partial charge in [-0.15, -0.1) is 0 Å². The first kappa shape index (κ1) is 13.2. The molecule has 0 heterocycles. The first-order valence-corrected chi connectivity index (χ1v) is 5.11. The van der Waals surface area contributed by atoms with Crippen LogP contribution in [0.2, 0.25) is 5.02 Å². The van der Waals surface area contributed by atoms with Crippen molar-refractivity contribution in [2.24, 2.45) is 0 Å². The summed E-state index contributed by atoms with van der Waals surface area (Å²) in [5.41, 5.74) is 0.417. The molecule has 1 rings (SSSR count). The Morgan fingerprint density at radius 3 is 2.71 bits per heavy atom. The van der Waals surface area contributed by atoms with Crippen LogP contribution in [0, 0.1) is 5.82 Å². The summed E-state index contributed by atoms with van der Waals surface area (Å²) in [7, 11) is 1.40. The fourth-order valence-corrected chi connectivity index (χ4v) is 1.28. The molecular weight excluding hydrogens is 249 g/mol. The molecule has 0 saturated carbocycles. The van der Waals surface area contributed by atoms with E-state index in [1.54, 1.807) is 0 Å². The van der Waals surface area contributed by atoms with E-state index in [4.69, 9.17) is 11.6 Å². The molecule has 0 atom stereocenters. The summed E-state index contributed by atoms with van der Waals surface area (Å²) in [5.74, 6) is -0.986. The Balaban J connectivity index is 2.50. The van der Waals surface area contributed by atoms with Gasteiger partial charge in [0.05, 0.1) is 17.3 Å². The summed E-state index contributed by atoms with van der Waals surface area (Å²) >= 11 is 5.73. The van der Waals surface area contributed by atoms with Crippen molar-refractivity contribution >= 4 is 29.2 Å². The van der Waals surface area contributed by atoms with Gasteiger partial charge in [0, 0.05) is 7.05 Å². The third kappa shape index (κ3) is 4.28. The molecule has 0 aliphatic rings. The SMILES string of the molecule is CNC(=O)NC(=O)CNc1ccc(F)cc1Cl. The number of hydrogen-bond acceptors (Lipinski definition) is 3. The smallest absolute Gasteiger partial charge is 0.321 e. The third-order valence-electron chi connectivity index (χ3n) is 1.85. The molecule has 0 bridgehead atoms. The number of benzene rings is 1. The molecule has 17 heavy (non-hydrogen) atoms. The van der Waals surface area contributed by atoms with Crippen LogP contribution < -0.4 is 16.0 Å². The highest BCUT2D eigenvalue weighted by Gasteiger charge is 2.07. The van der Waals surface area contributed by atoms with E-state index in [0.717, 1.165) is 6.07 Å². The van der Waals surface area contributed by atoms with Crippen LogP contribution in [0.25, 0.3) is 0 Å². The zero-order valence-electron chi connectivity index (χ0n) is 9.01. The zero-order valence-corrected chi connectivity index (χ0v) is 9.77. The first-order chi connectivity index (χ1) is 8.02. The number of carbonyl (C=O) groups is 2. The summed E-state index contributed by atoms with van der Waals surface area (Å²) in [6.07, 6.45) is 0. The largest absolute Gasteiger partial charge is 0.375 e. The average molecular weight is 260 g/mol. The molecule has 1 aromatic rings. The Bertz CT molecular complexity index is 440. The number of urea groups is 1. The minimum atomic E-state index is -0.595. The Morgan fingerprint density at radius 2 is 2.12 bits per heavy atom. The number of carbonyl (C=O) groups excluding carboxylic acids is 2. The van der Waals surface area contributed by atoms with E-state index in [2.05, 4.69) is 16.0 Å². The lowest BCUT2D eigenvalue weighted by Gasteiger charge is -2.08. The molecule has 5 nitrogen and oxygen atoms in total. The van der Waals surface area contributed by atoms with E-state index in [0.29, 0.717) is 5.69 Å². The lowest BCUT2D eigenvalue weighted by atomic mass is 10.3. The number of hydrogen-bond donors (Lipinski definition) is 3. The van der Waals surface area contributed by atoms with E-state index in [9.17, 15) is 14.0 Å². The number of imide groups is 1. The average Bonchev–Trinajstić information content (AvgIpc) is 2.27. The lowest BCUT2D eigenvalue weighted by Crippen LogP contribution is -2.40. The molecule has 7 heteroatoms. The molecule has 0 fully saturated rings. The van der Waals surface area contributed by atoms with Crippen molar-refractivity contribution in [3.8, 4) is 0 Å². The number of halogens is 2. The van der Waals surface area contributed by atoms with Gasteiger partial charge in [0.15, 0.2) is 0 Å². The van der Waals surface area contributed by atoms with Gasteiger partial charge in [-0.1, -0.05) is 11.6 Å². The van der Waals surface area contributed by atoms with Crippen LogP contribution in [0.15, 0.2) is 18.2 Å². The van der Waals surface area contributed by atoms with Gasteiger partial charge in [-0.05, 0) is 18.2 Å². The Labute approximate surface area is 102 Å². The predicted octanol–water partition coefficient (Wildman–Crippen LogP) is 1.35. The zero-order chi connectivity index (χ0) is 12.8. The maximum absolute atomic E-state index is 12.7. The van der Waals surface area contributed by atoms with Crippen LogP contribution in [0.4, 0.5) is 14.9 Å². The maximum Gasteiger partial charge on any atom is 0.321 e. The van der Waals surface area contributed by atoms with Gasteiger partial charge in [0.1, 0.15) is 5.82 Å². The van der Waals surface area contributed by atoms with Crippen LogP contribution in [-0.4, -0.2) is 25.5 Å². The maximum atomic E-state index is 12.7. The summed E-state index contributed by atoms with van der Waals surface area (Å²) in [5, 5.41) is 7.14. The molecule has 0 radical (unpaired) electrons. The quantitative estimate of drug-likeness (QED) is 0.767. The molecule has 1 aromatic carbocycles. The summed E-state index contributed by atoms with van der Waals surface area (Å²) in [6, 6.07) is 3.15. The van der Waals surface area contributed by atoms with Crippen LogP contribution in [0.3, 0.4) is 0 Å². The minimum Gasteiger partial charge on any atom is -0.375 e. The van der Waals surface area contributed by atoms with E-state index in [1.165, 1.54) is 19.2 Å². The van der Waals surface area contributed by atoms with E-state index in [-0.39, 0.29) is 11.6 Å². The number of anilines is 1. The second-order valence-electron chi connectivity index (χ2n) is 3.11.